The molecular weight excluding hydrogens is 560 g/mol. The summed E-state index contributed by atoms with van der Waals surface area (Å²) in [4.78, 5) is 67.4. The van der Waals surface area contributed by atoms with Gasteiger partial charge >= 0.3 is 6.03 Å². The Labute approximate surface area is 257 Å². The molecule has 232 valence electrons. The first-order chi connectivity index (χ1) is 21.4. The molecule has 1 aromatic heterocycles. The lowest BCUT2D eigenvalue weighted by atomic mass is 10.0. The SMILES string of the molecule is O=C1CCC(N2Cc3cc(N4CCN(C5CCN(C(=O)N6CCN(c7cccnc7)CC6)CC5)CC4)ccc3C2=O)C(=O)N1. The molecule has 5 amide bonds. The number of amides is 5. The van der Waals surface area contributed by atoms with Gasteiger partial charge in [0.05, 0.1) is 11.9 Å². The van der Waals surface area contributed by atoms with Crippen LogP contribution in [-0.2, 0) is 16.1 Å². The van der Waals surface area contributed by atoms with E-state index in [1.54, 1.807) is 11.1 Å². The van der Waals surface area contributed by atoms with Crippen molar-refractivity contribution in [3.63, 3.8) is 0 Å². The summed E-state index contributed by atoms with van der Waals surface area (Å²) in [6, 6.07) is 10.1. The van der Waals surface area contributed by atoms with E-state index in [4.69, 9.17) is 0 Å². The normalized spacial score (nSPS) is 23.7. The molecule has 1 N–H and O–H groups in total. The lowest BCUT2D eigenvalue weighted by Crippen LogP contribution is -2.57. The van der Waals surface area contributed by atoms with E-state index in [9.17, 15) is 19.2 Å². The third-order valence-corrected chi connectivity index (χ3v) is 10.00. The molecular formula is C32H40N8O4. The van der Waals surface area contributed by atoms with Crippen molar-refractivity contribution in [2.75, 3.05) is 75.2 Å². The molecule has 1 atom stereocenters. The lowest BCUT2D eigenvalue weighted by molar-refractivity contribution is -0.136. The maximum atomic E-state index is 13.3. The first-order valence-corrected chi connectivity index (χ1v) is 15.9. The standard InChI is InChI=1S/C32H40N8O4/c41-29-6-5-28(30(42)34-29)40-22-23-20-25(3-4-27(23)31(40)43)36-14-12-35(13-15-36)24-7-10-38(11-8-24)32(44)39-18-16-37(17-19-39)26-2-1-9-33-21-26/h1-4,9,20-21,24,28H,5-8,10-19,22H2,(H,34,41,42). The summed E-state index contributed by atoms with van der Waals surface area (Å²) in [7, 11) is 0. The first kappa shape index (κ1) is 28.6. The summed E-state index contributed by atoms with van der Waals surface area (Å²) in [6.07, 6.45) is 6.29. The van der Waals surface area contributed by atoms with Gasteiger partial charge in [-0.05, 0) is 55.2 Å². The lowest BCUT2D eigenvalue weighted by Gasteiger charge is -2.44. The van der Waals surface area contributed by atoms with E-state index in [0.29, 0.717) is 24.6 Å². The second-order valence-electron chi connectivity index (χ2n) is 12.5. The number of urea groups is 1. The van der Waals surface area contributed by atoms with Crippen LogP contribution in [-0.4, -0.2) is 126 Å². The molecule has 0 bridgehead atoms. The minimum Gasteiger partial charge on any atom is -0.369 e. The van der Waals surface area contributed by atoms with Crippen LogP contribution in [0, 0.1) is 0 Å². The number of piperazine rings is 2. The third-order valence-electron chi connectivity index (χ3n) is 10.00. The number of anilines is 2. The number of nitrogens with zero attached hydrogens (tertiary/aromatic N) is 7. The van der Waals surface area contributed by atoms with Gasteiger partial charge < -0.3 is 24.5 Å². The number of hydrogen-bond donors (Lipinski definition) is 1. The third kappa shape index (κ3) is 5.58. The van der Waals surface area contributed by atoms with E-state index < -0.39 is 6.04 Å². The molecule has 0 radical (unpaired) electrons. The fourth-order valence-corrected chi connectivity index (χ4v) is 7.42. The van der Waals surface area contributed by atoms with Gasteiger partial charge in [-0.2, -0.15) is 0 Å². The highest BCUT2D eigenvalue weighted by Crippen LogP contribution is 2.31. The Kier molecular flexibility index (Phi) is 7.84. The summed E-state index contributed by atoms with van der Waals surface area (Å²) in [5.74, 6) is -0.793. The zero-order valence-electron chi connectivity index (χ0n) is 25.1. The molecule has 6 heterocycles. The van der Waals surface area contributed by atoms with Crippen LogP contribution in [0.1, 0.15) is 41.6 Å². The Balaban J connectivity index is 0.875. The number of piperidine rings is 2. The summed E-state index contributed by atoms with van der Waals surface area (Å²) in [5, 5.41) is 2.37. The average Bonchev–Trinajstić information content (AvgIpc) is 3.40. The van der Waals surface area contributed by atoms with Crippen molar-refractivity contribution in [1.29, 1.82) is 0 Å². The molecule has 2 aromatic rings. The summed E-state index contributed by atoms with van der Waals surface area (Å²) >= 11 is 0. The highest BCUT2D eigenvalue weighted by Gasteiger charge is 2.39. The van der Waals surface area contributed by atoms with E-state index in [1.165, 1.54) is 0 Å². The Hall–Kier alpha value is -4.19. The molecule has 0 spiro atoms. The number of carbonyl (C=O) groups is 4. The molecule has 0 saturated carbocycles. The molecule has 12 heteroatoms. The molecule has 4 saturated heterocycles. The number of imide groups is 1. The van der Waals surface area contributed by atoms with Crippen molar-refractivity contribution < 1.29 is 19.2 Å². The van der Waals surface area contributed by atoms with E-state index in [2.05, 4.69) is 37.1 Å². The molecule has 44 heavy (non-hydrogen) atoms. The van der Waals surface area contributed by atoms with Crippen LogP contribution in [0.4, 0.5) is 16.2 Å². The Morgan fingerprint density at radius 1 is 0.795 bits per heavy atom. The van der Waals surface area contributed by atoms with Crippen molar-refractivity contribution >= 4 is 35.1 Å². The zero-order valence-corrected chi connectivity index (χ0v) is 25.1. The van der Waals surface area contributed by atoms with Gasteiger partial charge in [-0.3, -0.25) is 29.6 Å². The van der Waals surface area contributed by atoms with Crippen LogP contribution in [0.2, 0.25) is 0 Å². The van der Waals surface area contributed by atoms with Crippen molar-refractivity contribution in [2.24, 2.45) is 0 Å². The molecule has 4 fully saturated rings. The smallest absolute Gasteiger partial charge is 0.320 e. The van der Waals surface area contributed by atoms with Gasteiger partial charge in [0.25, 0.3) is 5.91 Å². The van der Waals surface area contributed by atoms with Crippen LogP contribution in [0.15, 0.2) is 42.7 Å². The number of carbonyl (C=O) groups excluding carboxylic acids is 4. The van der Waals surface area contributed by atoms with Crippen LogP contribution < -0.4 is 15.1 Å². The maximum absolute atomic E-state index is 13.3. The van der Waals surface area contributed by atoms with Crippen LogP contribution in [0.25, 0.3) is 0 Å². The van der Waals surface area contributed by atoms with E-state index in [-0.39, 0.29) is 30.2 Å². The van der Waals surface area contributed by atoms with Crippen molar-refractivity contribution in [2.45, 2.75) is 44.3 Å². The van der Waals surface area contributed by atoms with Gasteiger partial charge in [0.1, 0.15) is 6.04 Å². The highest BCUT2D eigenvalue weighted by atomic mass is 16.2. The van der Waals surface area contributed by atoms with Gasteiger partial charge in [-0.25, -0.2) is 4.79 Å². The van der Waals surface area contributed by atoms with Gasteiger partial charge in [-0.1, -0.05) is 0 Å². The van der Waals surface area contributed by atoms with Crippen LogP contribution in [0.3, 0.4) is 0 Å². The summed E-state index contributed by atoms with van der Waals surface area (Å²) < 4.78 is 0. The number of nitrogens with one attached hydrogen (secondary N) is 1. The number of pyridine rings is 1. The van der Waals surface area contributed by atoms with E-state index in [0.717, 1.165) is 95.2 Å². The van der Waals surface area contributed by atoms with Crippen molar-refractivity contribution in [3.8, 4) is 0 Å². The molecule has 7 rings (SSSR count). The quantitative estimate of drug-likeness (QED) is 0.524. The Morgan fingerprint density at radius 2 is 1.50 bits per heavy atom. The largest absolute Gasteiger partial charge is 0.369 e. The van der Waals surface area contributed by atoms with Crippen molar-refractivity contribution in [1.82, 2.24) is 29.9 Å². The number of hydrogen-bond acceptors (Lipinski definition) is 8. The van der Waals surface area contributed by atoms with Gasteiger partial charge in [0.15, 0.2) is 0 Å². The van der Waals surface area contributed by atoms with E-state index in [1.807, 2.05) is 34.2 Å². The summed E-state index contributed by atoms with van der Waals surface area (Å²) in [5.41, 5.74) is 3.80. The first-order valence-electron chi connectivity index (χ1n) is 15.9. The topological polar surface area (TPSA) is 113 Å². The minimum atomic E-state index is -0.594. The number of benzene rings is 1. The fraction of sp³-hybridized carbons (Fsp3) is 0.531. The molecule has 1 aromatic carbocycles. The Bertz CT molecular complexity index is 1410. The van der Waals surface area contributed by atoms with Crippen LogP contribution in [0.5, 0.6) is 0 Å². The van der Waals surface area contributed by atoms with Crippen LogP contribution >= 0.6 is 0 Å². The minimum absolute atomic E-state index is 0.136. The Morgan fingerprint density at radius 3 is 2.20 bits per heavy atom. The van der Waals surface area contributed by atoms with Gasteiger partial charge in [0.2, 0.25) is 11.8 Å². The predicted molar refractivity (Wildman–Crippen MR) is 164 cm³/mol. The monoisotopic (exact) mass is 600 g/mol. The molecule has 0 aliphatic carbocycles. The zero-order chi connectivity index (χ0) is 30.2. The number of fused-ring (bicyclic) bond motifs is 1. The maximum Gasteiger partial charge on any atom is 0.320 e. The van der Waals surface area contributed by atoms with Crippen molar-refractivity contribution in [3.05, 3.63) is 53.9 Å². The number of rotatable bonds is 4. The second-order valence-corrected chi connectivity index (χ2v) is 12.5. The molecule has 5 aliphatic rings. The van der Waals surface area contributed by atoms with Gasteiger partial charge in [-0.15, -0.1) is 0 Å². The van der Waals surface area contributed by atoms with Gasteiger partial charge in [0, 0.05) is 102 Å². The average molecular weight is 601 g/mol. The summed E-state index contributed by atoms with van der Waals surface area (Å²) in [6.45, 7) is 8.88. The molecule has 12 nitrogen and oxygen atoms in total. The number of likely N-dealkylation sites (tertiary alicyclic amines) is 1. The number of aromatic nitrogens is 1. The second kappa shape index (κ2) is 12.1. The van der Waals surface area contributed by atoms with E-state index >= 15 is 0 Å². The molecule has 1 unspecified atom stereocenters. The molecule has 5 aliphatic heterocycles. The fourth-order valence-electron chi connectivity index (χ4n) is 7.42. The predicted octanol–water partition coefficient (Wildman–Crippen LogP) is 1.37. The highest BCUT2D eigenvalue weighted by molar-refractivity contribution is 6.05.